The summed E-state index contributed by atoms with van der Waals surface area (Å²) in [6.07, 6.45) is 7.21. The molecule has 12 heteroatoms. The van der Waals surface area contributed by atoms with Crippen LogP contribution in [0.1, 0.15) is 59.8 Å². The van der Waals surface area contributed by atoms with Gasteiger partial charge in [0.2, 0.25) is 5.91 Å². The predicted octanol–water partition coefficient (Wildman–Crippen LogP) is 3.24. The zero-order valence-corrected chi connectivity index (χ0v) is 23.9. The Bertz CT molecular complexity index is 1340. The van der Waals surface area contributed by atoms with Gasteiger partial charge in [-0.25, -0.2) is 9.97 Å². The molecule has 1 atom stereocenters. The van der Waals surface area contributed by atoms with Crippen LogP contribution in [0.25, 0.3) is 0 Å². The second-order valence-electron chi connectivity index (χ2n) is 10.7. The van der Waals surface area contributed by atoms with Crippen molar-refractivity contribution in [2.75, 3.05) is 31.5 Å². The van der Waals surface area contributed by atoms with Crippen LogP contribution in [0.5, 0.6) is 5.75 Å². The zero-order chi connectivity index (χ0) is 28.8. The average molecular weight is 582 g/mol. The molecule has 3 N–H and O–H groups in total. The van der Waals surface area contributed by atoms with Crippen LogP contribution in [0.15, 0.2) is 36.9 Å². The fraction of sp³-hybridized carbons (Fsp3) is 0.483. The number of hydrogen-bond acceptors (Lipinski definition) is 9. The number of carbonyl (C=O) groups is 2. The number of fused-ring (bicyclic) bond motifs is 1. The quantitative estimate of drug-likeness (QED) is 0.291. The Kier molecular flexibility index (Phi) is 9.48. The molecule has 41 heavy (non-hydrogen) atoms. The van der Waals surface area contributed by atoms with E-state index in [1.807, 2.05) is 17.0 Å². The number of halogens is 1. The highest BCUT2D eigenvalue weighted by molar-refractivity contribution is 6.33. The maximum Gasteiger partial charge on any atom is 0.219 e. The van der Waals surface area contributed by atoms with Gasteiger partial charge in [-0.15, -0.1) is 0 Å². The van der Waals surface area contributed by atoms with Crippen LogP contribution in [0.4, 0.5) is 5.82 Å². The van der Waals surface area contributed by atoms with Crippen molar-refractivity contribution in [2.45, 2.75) is 64.3 Å². The van der Waals surface area contributed by atoms with Gasteiger partial charge in [-0.2, -0.15) is 5.10 Å². The van der Waals surface area contributed by atoms with Crippen molar-refractivity contribution in [1.82, 2.24) is 30.0 Å². The Morgan fingerprint density at radius 2 is 2.07 bits per heavy atom. The molecule has 4 heterocycles. The van der Waals surface area contributed by atoms with E-state index in [9.17, 15) is 14.7 Å². The summed E-state index contributed by atoms with van der Waals surface area (Å²) in [7, 11) is 0. The molecule has 0 saturated carbocycles. The van der Waals surface area contributed by atoms with Crippen molar-refractivity contribution in [3.8, 4) is 5.75 Å². The Morgan fingerprint density at radius 3 is 2.83 bits per heavy atom. The number of benzene rings is 1. The number of aromatic amines is 1. The summed E-state index contributed by atoms with van der Waals surface area (Å²) >= 11 is 6.66. The molecule has 3 aromatic rings. The van der Waals surface area contributed by atoms with Crippen molar-refractivity contribution < 1.29 is 19.4 Å². The van der Waals surface area contributed by atoms with E-state index >= 15 is 0 Å². The Labute approximate surface area is 244 Å². The number of β-amino-alcohol motifs (C(OH)–C–C–N with tert-alkyl or cyclic N) is 1. The molecule has 218 valence electrons. The number of H-pyrrole nitrogens is 1. The molecule has 1 amide bonds. The minimum atomic E-state index is -0.639. The lowest BCUT2D eigenvalue weighted by atomic mass is 9.98. The molecule has 0 spiro atoms. The molecule has 2 aromatic heterocycles. The number of ketones is 1. The number of Topliss-reactive ketones (excluding diaryl/α,β-unsaturated/α-hetero) is 1. The van der Waals surface area contributed by atoms with Crippen LogP contribution < -0.4 is 10.1 Å². The lowest BCUT2D eigenvalue weighted by molar-refractivity contribution is -0.129. The topological polar surface area (TPSA) is 137 Å². The van der Waals surface area contributed by atoms with E-state index in [2.05, 4.69) is 30.4 Å². The molecule has 2 aliphatic heterocycles. The third-order valence-electron chi connectivity index (χ3n) is 7.74. The molecule has 0 unspecified atom stereocenters. The molecule has 0 aliphatic carbocycles. The summed E-state index contributed by atoms with van der Waals surface area (Å²) < 4.78 is 5.88. The predicted molar refractivity (Wildman–Crippen MR) is 154 cm³/mol. The zero-order valence-electron chi connectivity index (χ0n) is 23.2. The summed E-state index contributed by atoms with van der Waals surface area (Å²) in [6, 6.07) is 5.78. The molecule has 1 saturated heterocycles. The number of carbonyl (C=O) groups excluding carboxylic acids is 2. The first kappa shape index (κ1) is 29.0. The molecule has 11 nitrogen and oxygen atoms in total. The third-order valence-corrected chi connectivity index (χ3v) is 8.16. The lowest BCUT2D eigenvalue weighted by Gasteiger charge is -2.32. The van der Waals surface area contributed by atoms with Crippen molar-refractivity contribution in [3.63, 3.8) is 0 Å². The number of hydrogen-bond donors (Lipinski definition) is 3. The van der Waals surface area contributed by atoms with Gasteiger partial charge in [0.05, 0.1) is 17.3 Å². The van der Waals surface area contributed by atoms with Crippen LogP contribution >= 0.6 is 11.6 Å². The van der Waals surface area contributed by atoms with Crippen LogP contribution in [-0.2, 0) is 24.4 Å². The van der Waals surface area contributed by atoms with Gasteiger partial charge in [0.15, 0.2) is 5.78 Å². The van der Waals surface area contributed by atoms with Gasteiger partial charge < -0.3 is 20.1 Å². The summed E-state index contributed by atoms with van der Waals surface area (Å²) in [6.45, 7) is 5.30. The number of likely N-dealkylation sites (tertiary alicyclic amines) is 1. The van der Waals surface area contributed by atoms with Crippen LogP contribution in [0.3, 0.4) is 0 Å². The third kappa shape index (κ3) is 7.60. The number of amides is 1. The number of rotatable bonds is 11. The summed E-state index contributed by atoms with van der Waals surface area (Å²) in [5.41, 5.74) is 3.48. The highest BCUT2D eigenvalue weighted by Gasteiger charge is 2.24. The SMILES string of the molecule is CC(=O)N1CCC(Nc2cc(C(=O)CC[C@H](O)CN3CCc4c(ccc(OCc5cn[nH]c5)c4Cl)C3)ncn2)CC1. The molecule has 1 fully saturated rings. The Morgan fingerprint density at radius 1 is 1.24 bits per heavy atom. The molecule has 5 rings (SSSR count). The maximum absolute atomic E-state index is 12.8. The standard InChI is InChI=1S/C29H36ClN7O4/c1-19(38)37-10-6-22(7-11-37)35-28-12-25(31-18-32-28)26(40)4-3-23(39)16-36-9-8-24-21(15-36)2-5-27(29(24)30)41-17-20-13-33-34-14-20/h2,5,12-14,18,22-23,39H,3-4,6-11,15-17H2,1H3,(H,33,34)(H,31,32,35)/t23-/m0/s1. The summed E-state index contributed by atoms with van der Waals surface area (Å²) in [4.78, 5) is 36.8. The van der Waals surface area contributed by atoms with E-state index in [4.69, 9.17) is 16.3 Å². The summed E-state index contributed by atoms with van der Waals surface area (Å²) in [5, 5.41) is 21.4. The van der Waals surface area contributed by atoms with Gasteiger partial charge >= 0.3 is 0 Å². The smallest absolute Gasteiger partial charge is 0.219 e. The van der Waals surface area contributed by atoms with Crippen LogP contribution in [0.2, 0.25) is 5.02 Å². The number of nitrogens with zero attached hydrogens (tertiary/aromatic N) is 5. The molecule has 0 bridgehead atoms. The minimum Gasteiger partial charge on any atom is -0.487 e. The second-order valence-corrected chi connectivity index (χ2v) is 11.1. The molecular formula is C29H36ClN7O4. The van der Waals surface area contributed by atoms with Gasteiger partial charge in [-0.3, -0.25) is 19.6 Å². The van der Waals surface area contributed by atoms with Gasteiger partial charge in [-0.1, -0.05) is 17.7 Å². The highest BCUT2D eigenvalue weighted by Crippen LogP contribution is 2.34. The van der Waals surface area contributed by atoms with Crippen molar-refractivity contribution in [3.05, 3.63) is 64.3 Å². The van der Waals surface area contributed by atoms with Crippen LogP contribution in [0, 0.1) is 0 Å². The van der Waals surface area contributed by atoms with Crippen molar-refractivity contribution in [2.24, 2.45) is 0 Å². The van der Waals surface area contributed by atoms with Gasteiger partial charge in [0, 0.05) is 69.9 Å². The van der Waals surface area contributed by atoms with Gasteiger partial charge in [-0.05, 0) is 42.9 Å². The average Bonchev–Trinajstić information content (AvgIpc) is 3.50. The summed E-state index contributed by atoms with van der Waals surface area (Å²) in [5.74, 6) is 1.22. The van der Waals surface area contributed by atoms with Crippen molar-refractivity contribution >= 4 is 29.1 Å². The van der Waals surface area contributed by atoms with Gasteiger partial charge in [0.1, 0.15) is 30.2 Å². The van der Waals surface area contributed by atoms with E-state index in [0.29, 0.717) is 61.5 Å². The second kappa shape index (κ2) is 13.4. The first-order valence-electron chi connectivity index (χ1n) is 14.0. The number of aromatic nitrogens is 4. The molecule has 0 radical (unpaired) electrons. The maximum atomic E-state index is 12.8. The first-order valence-corrected chi connectivity index (χ1v) is 14.4. The first-order chi connectivity index (χ1) is 19.9. The van der Waals surface area contributed by atoms with E-state index in [0.717, 1.165) is 42.5 Å². The molecule has 2 aliphatic rings. The van der Waals surface area contributed by atoms with Gasteiger partial charge in [0.25, 0.3) is 0 Å². The molecular weight excluding hydrogens is 546 g/mol. The monoisotopic (exact) mass is 581 g/mol. The van der Waals surface area contributed by atoms with E-state index in [1.54, 1.807) is 25.4 Å². The minimum absolute atomic E-state index is 0.0943. The lowest BCUT2D eigenvalue weighted by Crippen LogP contribution is -2.41. The number of piperidine rings is 1. The fourth-order valence-corrected chi connectivity index (χ4v) is 5.72. The number of aliphatic hydroxyl groups is 1. The van der Waals surface area contributed by atoms with Crippen LogP contribution in [-0.4, -0.2) is 85.1 Å². The van der Waals surface area contributed by atoms with E-state index in [-0.39, 0.29) is 24.2 Å². The molecule has 1 aromatic carbocycles. The number of nitrogens with one attached hydrogen (secondary N) is 2. The largest absolute Gasteiger partial charge is 0.487 e. The number of ether oxygens (including phenoxy) is 1. The fourth-order valence-electron chi connectivity index (χ4n) is 5.38. The number of anilines is 1. The number of aliphatic hydroxyl groups excluding tert-OH is 1. The highest BCUT2D eigenvalue weighted by atomic mass is 35.5. The van der Waals surface area contributed by atoms with Crippen molar-refractivity contribution in [1.29, 1.82) is 0 Å². The van der Waals surface area contributed by atoms with E-state index < -0.39 is 6.10 Å². The van der Waals surface area contributed by atoms with E-state index in [1.165, 1.54) is 6.33 Å². The Balaban J connectivity index is 1.07. The normalized spacial score (nSPS) is 16.7. The Hall–Kier alpha value is -3.54.